The van der Waals surface area contributed by atoms with Crippen molar-refractivity contribution in [1.29, 1.82) is 0 Å². The van der Waals surface area contributed by atoms with Crippen molar-refractivity contribution >= 4 is 45.3 Å². The summed E-state index contributed by atoms with van der Waals surface area (Å²) < 4.78 is 15.3. The number of allylic oxidation sites excluding steroid dienone is 1. The monoisotopic (exact) mass is 582 g/mol. The van der Waals surface area contributed by atoms with Crippen molar-refractivity contribution in [3.8, 4) is 11.5 Å². The van der Waals surface area contributed by atoms with Crippen molar-refractivity contribution in [1.82, 2.24) is 18.7 Å². The maximum atomic E-state index is 13.0. The second-order valence-corrected chi connectivity index (χ2v) is 9.29. The van der Waals surface area contributed by atoms with Crippen LogP contribution in [0.1, 0.15) is 5.56 Å². The highest BCUT2D eigenvalue weighted by Gasteiger charge is 2.21. The van der Waals surface area contributed by atoms with E-state index < -0.39 is 17.4 Å². The molecule has 38 heavy (non-hydrogen) atoms. The van der Waals surface area contributed by atoms with Crippen molar-refractivity contribution in [3.05, 3.63) is 85.5 Å². The molecule has 0 fully saturated rings. The van der Waals surface area contributed by atoms with Gasteiger partial charge in [0.2, 0.25) is 5.95 Å². The molecule has 0 aliphatic carbocycles. The average molecular weight is 583 g/mol. The van der Waals surface area contributed by atoms with E-state index in [1.54, 1.807) is 31.4 Å². The molecule has 0 aliphatic rings. The molecule has 1 atom stereocenters. The average Bonchev–Trinajstić information content (AvgIpc) is 3.28. The highest BCUT2D eigenvalue weighted by atomic mass is 79.9. The fraction of sp³-hybridized carbons (Fsp3) is 0.231. The topological polar surface area (TPSA) is 125 Å². The van der Waals surface area contributed by atoms with Gasteiger partial charge in [0.15, 0.2) is 11.2 Å². The van der Waals surface area contributed by atoms with Gasteiger partial charge in [-0.2, -0.15) is 10.1 Å². The minimum absolute atomic E-state index is 0.0427. The molecule has 198 valence electrons. The largest absolute Gasteiger partial charge is 0.497 e. The molecule has 0 unspecified atom stereocenters. The molecule has 2 aromatic carbocycles. The van der Waals surface area contributed by atoms with Crippen LogP contribution in [0, 0.1) is 0 Å². The molecular weight excluding hydrogens is 556 g/mol. The Bertz CT molecular complexity index is 1590. The van der Waals surface area contributed by atoms with Gasteiger partial charge in [0.1, 0.15) is 24.2 Å². The van der Waals surface area contributed by atoms with Crippen molar-refractivity contribution in [2.24, 2.45) is 19.2 Å². The van der Waals surface area contributed by atoms with Crippen LogP contribution in [0.2, 0.25) is 0 Å². The van der Waals surface area contributed by atoms with Gasteiger partial charge in [-0.3, -0.25) is 13.9 Å². The third-order valence-corrected chi connectivity index (χ3v) is 6.13. The van der Waals surface area contributed by atoms with Gasteiger partial charge < -0.3 is 19.1 Å². The van der Waals surface area contributed by atoms with Crippen LogP contribution < -0.4 is 26.1 Å². The smallest absolute Gasteiger partial charge is 0.332 e. The fourth-order valence-electron chi connectivity index (χ4n) is 3.73. The summed E-state index contributed by atoms with van der Waals surface area (Å²) in [6.07, 6.45) is 2.41. The number of aromatic nitrogens is 4. The summed E-state index contributed by atoms with van der Waals surface area (Å²) in [6, 6.07) is 16.6. The second kappa shape index (κ2) is 11.9. The molecule has 4 aromatic rings. The Morgan fingerprint density at radius 1 is 1.11 bits per heavy atom. The zero-order valence-corrected chi connectivity index (χ0v) is 22.6. The van der Waals surface area contributed by atoms with E-state index in [-0.39, 0.29) is 30.3 Å². The van der Waals surface area contributed by atoms with Gasteiger partial charge in [-0.15, -0.1) is 0 Å². The first-order valence-corrected chi connectivity index (χ1v) is 12.4. The normalized spacial score (nSPS) is 12.7. The first-order valence-electron chi connectivity index (χ1n) is 11.6. The number of fused-ring (bicyclic) bond motifs is 1. The van der Waals surface area contributed by atoms with Gasteiger partial charge >= 0.3 is 5.69 Å². The molecule has 0 bridgehead atoms. The van der Waals surface area contributed by atoms with Gasteiger partial charge in [-0.1, -0.05) is 30.3 Å². The number of halogens is 1. The summed E-state index contributed by atoms with van der Waals surface area (Å²) in [5.41, 5.74) is 3.07. The predicted molar refractivity (Wildman–Crippen MR) is 150 cm³/mol. The molecule has 12 heteroatoms. The number of anilines is 1. The molecule has 2 N–H and O–H groups in total. The number of ether oxygens (including phenoxy) is 2. The highest BCUT2D eigenvalue weighted by molar-refractivity contribution is 9.12. The fourth-order valence-corrected chi connectivity index (χ4v) is 4.10. The molecule has 0 radical (unpaired) electrons. The van der Waals surface area contributed by atoms with Crippen molar-refractivity contribution in [2.45, 2.75) is 12.6 Å². The number of hydrogen-bond donors (Lipinski definition) is 2. The summed E-state index contributed by atoms with van der Waals surface area (Å²) >= 11 is 3.46. The van der Waals surface area contributed by atoms with Crippen LogP contribution in [-0.4, -0.2) is 49.8 Å². The van der Waals surface area contributed by atoms with Crippen LogP contribution in [0.25, 0.3) is 17.2 Å². The minimum atomic E-state index is -1.01. The lowest BCUT2D eigenvalue weighted by molar-refractivity contribution is 0.0938. The molecule has 2 heterocycles. The van der Waals surface area contributed by atoms with E-state index in [0.29, 0.717) is 16.0 Å². The number of aryl methyl sites for hydroxylation is 1. The van der Waals surface area contributed by atoms with Gasteiger partial charge in [-0.25, -0.2) is 10.2 Å². The van der Waals surface area contributed by atoms with E-state index in [1.165, 1.54) is 29.4 Å². The summed E-state index contributed by atoms with van der Waals surface area (Å²) in [5.74, 6) is 1.42. The minimum Gasteiger partial charge on any atom is -0.497 e. The maximum absolute atomic E-state index is 13.0. The van der Waals surface area contributed by atoms with E-state index in [2.05, 4.69) is 31.4 Å². The number of imidazole rings is 1. The molecule has 0 saturated carbocycles. The summed E-state index contributed by atoms with van der Waals surface area (Å²) in [6.45, 7) is -0.0921. The number of hydrazone groups is 1. The van der Waals surface area contributed by atoms with Gasteiger partial charge in [0.05, 0.1) is 19.9 Å². The first-order chi connectivity index (χ1) is 18.3. The lowest BCUT2D eigenvalue weighted by Gasteiger charge is -2.15. The Kier molecular flexibility index (Phi) is 8.44. The quantitative estimate of drug-likeness (QED) is 0.217. The summed E-state index contributed by atoms with van der Waals surface area (Å²) in [4.78, 5) is 29.9. The number of hydrogen-bond acceptors (Lipinski definition) is 8. The lowest BCUT2D eigenvalue weighted by Crippen LogP contribution is -2.38. The second-order valence-electron chi connectivity index (χ2n) is 8.37. The van der Waals surface area contributed by atoms with Crippen LogP contribution in [-0.2, 0) is 20.6 Å². The highest BCUT2D eigenvalue weighted by Crippen LogP contribution is 2.19. The Morgan fingerprint density at radius 3 is 2.47 bits per heavy atom. The van der Waals surface area contributed by atoms with Crippen LogP contribution in [0.3, 0.4) is 0 Å². The standard InChI is InChI=1S/C26H27BrN6O5/c1-31-23-22(24(35)32(2)26(31)36)33(15-19(34)16-38-21-11-9-20(37-3)10-12-21)25(29-23)30-28-14-18(27)13-17-7-5-4-6-8-17/h4-14,19,34H,15-16H2,1-3H3,(H,29,30)/b18-13-,28-14-/t19-/m1/s1. The molecule has 0 spiro atoms. The zero-order valence-electron chi connectivity index (χ0n) is 21.0. The third-order valence-electron chi connectivity index (χ3n) is 5.70. The molecule has 0 aliphatic heterocycles. The molecule has 0 amide bonds. The molecular formula is C26H27BrN6O5. The maximum Gasteiger partial charge on any atom is 0.332 e. The molecule has 2 aromatic heterocycles. The molecule has 0 saturated heterocycles. The van der Waals surface area contributed by atoms with Crippen molar-refractivity contribution in [3.63, 3.8) is 0 Å². The number of methoxy groups -OCH3 is 1. The SMILES string of the molecule is COc1ccc(OC[C@H](O)Cn2c(N/N=C\C(Br)=C\c3ccccc3)nc3c2c(=O)n(C)c(=O)n3C)cc1. The van der Waals surface area contributed by atoms with Crippen LogP contribution in [0.4, 0.5) is 5.95 Å². The summed E-state index contributed by atoms with van der Waals surface area (Å²) in [5, 5.41) is 15.0. The van der Waals surface area contributed by atoms with Gasteiger partial charge in [0.25, 0.3) is 5.56 Å². The zero-order chi connectivity index (χ0) is 27.2. The van der Waals surface area contributed by atoms with Gasteiger partial charge in [0, 0.05) is 18.6 Å². The van der Waals surface area contributed by atoms with E-state index in [1.807, 2.05) is 36.4 Å². The molecule has 4 rings (SSSR count). The Labute approximate surface area is 226 Å². The number of aliphatic hydroxyl groups is 1. The lowest BCUT2D eigenvalue weighted by atomic mass is 10.2. The van der Waals surface area contributed by atoms with E-state index in [4.69, 9.17) is 9.47 Å². The Balaban J connectivity index is 1.60. The summed E-state index contributed by atoms with van der Waals surface area (Å²) in [7, 11) is 4.49. The molecule has 11 nitrogen and oxygen atoms in total. The number of aliphatic hydroxyl groups excluding tert-OH is 1. The number of nitrogens with one attached hydrogen (secondary N) is 1. The first kappa shape index (κ1) is 26.9. The third kappa shape index (κ3) is 6.03. The van der Waals surface area contributed by atoms with Crippen LogP contribution in [0.5, 0.6) is 11.5 Å². The van der Waals surface area contributed by atoms with Crippen molar-refractivity contribution < 1.29 is 14.6 Å². The predicted octanol–water partition coefficient (Wildman–Crippen LogP) is 2.72. The van der Waals surface area contributed by atoms with E-state index in [9.17, 15) is 14.7 Å². The van der Waals surface area contributed by atoms with Crippen molar-refractivity contribution in [2.75, 3.05) is 19.1 Å². The number of rotatable bonds is 10. The Morgan fingerprint density at radius 2 is 1.79 bits per heavy atom. The van der Waals surface area contributed by atoms with E-state index in [0.717, 1.165) is 10.1 Å². The van der Waals surface area contributed by atoms with E-state index >= 15 is 0 Å². The van der Waals surface area contributed by atoms with Gasteiger partial charge in [-0.05, 0) is 51.8 Å². The Hall–Kier alpha value is -4.16. The van der Waals surface area contributed by atoms with Crippen LogP contribution in [0.15, 0.2) is 73.8 Å². The number of nitrogens with zero attached hydrogens (tertiary/aromatic N) is 5. The number of benzene rings is 2. The van der Waals surface area contributed by atoms with Crippen LogP contribution >= 0.6 is 15.9 Å².